The number of hydrogen-bond acceptors (Lipinski definition) is 3. The van der Waals surface area contributed by atoms with Gasteiger partial charge in [-0.2, -0.15) is 0 Å². The highest BCUT2D eigenvalue weighted by atomic mass is 32.2. The predicted octanol–water partition coefficient (Wildman–Crippen LogP) is 4.45. The zero-order chi connectivity index (χ0) is 13.6. The van der Waals surface area contributed by atoms with Crippen molar-refractivity contribution in [3.8, 4) is 0 Å². The average Bonchev–Trinajstić information content (AvgIpc) is 2.63. The van der Waals surface area contributed by atoms with E-state index in [1.165, 1.54) is 37.3 Å². The van der Waals surface area contributed by atoms with Gasteiger partial charge in [0, 0.05) is 11.3 Å². The minimum Gasteiger partial charge on any atom is -0.362 e. The molecule has 0 spiro atoms. The Hall–Kier alpha value is -0.180. The lowest BCUT2D eigenvalue weighted by Crippen LogP contribution is -2.30. The maximum atomic E-state index is 4.64. The van der Waals surface area contributed by atoms with E-state index in [1.807, 2.05) is 11.8 Å². The summed E-state index contributed by atoms with van der Waals surface area (Å²) in [5, 5.41) is 5.42. The van der Waals surface area contributed by atoms with Crippen LogP contribution in [0.15, 0.2) is 4.99 Å². The van der Waals surface area contributed by atoms with Gasteiger partial charge in [0.15, 0.2) is 5.17 Å². The molecule has 1 aliphatic heterocycles. The molecule has 0 aliphatic carbocycles. The molecule has 1 N–H and O–H groups in total. The maximum Gasteiger partial charge on any atom is 0.157 e. The molecule has 0 saturated heterocycles. The normalized spacial score (nSPS) is 21.8. The topological polar surface area (TPSA) is 24.4 Å². The van der Waals surface area contributed by atoms with Gasteiger partial charge in [-0.15, -0.1) is 0 Å². The monoisotopic (exact) mass is 270 g/mol. The highest BCUT2D eigenvalue weighted by Gasteiger charge is 2.25. The van der Waals surface area contributed by atoms with Crippen LogP contribution in [0.5, 0.6) is 0 Å². The molecule has 2 atom stereocenters. The van der Waals surface area contributed by atoms with Gasteiger partial charge in [0.2, 0.25) is 0 Å². The summed E-state index contributed by atoms with van der Waals surface area (Å²) in [5.41, 5.74) is 0.412. The maximum absolute atomic E-state index is 4.64. The first-order valence-electron chi connectivity index (χ1n) is 7.38. The number of nitrogens with zero attached hydrogens (tertiary/aromatic N) is 1. The van der Waals surface area contributed by atoms with E-state index < -0.39 is 0 Å². The SMILES string of the molecule is CCCCCC(C)NC1=NCC(CC(C)(C)C)S1. The lowest BCUT2D eigenvalue weighted by atomic mass is 9.90. The number of unbranched alkanes of at least 4 members (excludes halogenated alkanes) is 2. The molecule has 3 heteroatoms. The minimum absolute atomic E-state index is 0.412. The first kappa shape index (κ1) is 15.9. The van der Waals surface area contributed by atoms with Gasteiger partial charge < -0.3 is 5.32 Å². The molecule has 0 aromatic rings. The average molecular weight is 270 g/mol. The summed E-state index contributed by atoms with van der Waals surface area (Å²) in [6, 6.07) is 0.566. The van der Waals surface area contributed by atoms with Crippen LogP contribution in [0.25, 0.3) is 0 Å². The van der Waals surface area contributed by atoms with Crippen LogP contribution in [-0.4, -0.2) is 23.0 Å². The molecule has 0 radical (unpaired) electrons. The molecule has 1 rings (SSSR count). The minimum atomic E-state index is 0.412. The summed E-state index contributed by atoms with van der Waals surface area (Å²) in [5.74, 6) is 0. The van der Waals surface area contributed by atoms with Crippen molar-refractivity contribution in [2.75, 3.05) is 6.54 Å². The molecule has 0 aromatic heterocycles. The van der Waals surface area contributed by atoms with Crippen LogP contribution in [0.3, 0.4) is 0 Å². The largest absolute Gasteiger partial charge is 0.362 e. The fourth-order valence-electron chi connectivity index (χ4n) is 2.27. The summed E-state index contributed by atoms with van der Waals surface area (Å²) in [4.78, 5) is 4.64. The van der Waals surface area contributed by atoms with Crippen LogP contribution >= 0.6 is 11.8 Å². The van der Waals surface area contributed by atoms with Crippen molar-refractivity contribution < 1.29 is 0 Å². The van der Waals surface area contributed by atoms with E-state index in [0.717, 1.165) is 6.54 Å². The number of aliphatic imine (C=N–C) groups is 1. The molecule has 0 amide bonds. The lowest BCUT2D eigenvalue weighted by Gasteiger charge is -2.22. The van der Waals surface area contributed by atoms with Crippen molar-refractivity contribution in [1.29, 1.82) is 0 Å². The zero-order valence-corrected chi connectivity index (χ0v) is 13.6. The summed E-state index contributed by atoms with van der Waals surface area (Å²) >= 11 is 1.94. The van der Waals surface area contributed by atoms with E-state index in [0.29, 0.717) is 16.7 Å². The van der Waals surface area contributed by atoms with Gasteiger partial charge in [-0.1, -0.05) is 58.7 Å². The zero-order valence-electron chi connectivity index (χ0n) is 12.8. The fourth-order valence-corrected chi connectivity index (χ4v) is 3.74. The quantitative estimate of drug-likeness (QED) is 0.721. The Morgan fingerprint density at radius 3 is 2.72 bits per heavy atom. The molecule has 0 bridgehead atoms. The summed E-state index contributed by atoms with van der Waals surface area (Å²) in [6.45, 7) is 12.5. The second-order valence-corrected chi connectivity index (χ2v) is 7.98. The fraction of sp³-hybridized carbons (Fsp3) is 0.933. The molecule has 18 heavy (non-hydrogen) atoms. The van der Waals surface area contributed by atoms with Crippen LogP contribution in [0, 0.1) is 5.41 Å². The van der Waals surface area contributed by atoms with Crippen molar-refractivity contribution in [2.45, 2.75) is 78.0 Å². The Balaban J connectivity index is 2.21. The van der Waals surface area contributed by atoms with Gasteiger partial charge in [-0.25, -0.2) is 0 Å². The van der Waals surface area contributed by atoms with Crippen molar-refractivity contribution in [2.24, 2.45) is 10.4 Å². The van der Waals surface area contributed by atoms with Crippen molar-refractivity contribution in [3.05, 3.63) is 0 Å². The first-order chi connectivity index (χ1) is 8.40. The number of nitrogens with one attached hydrogen (secondary N) is 1. The van der Waals surface area contributed by atoms with Crippen LogP contribution in [-0.2, 0) is 0 Å². The van der Waals surface area contributed by atoms with Crippen LogP contribution < -0.4 is 5.32 Å². The highest BCUT2D eigenvalue weighted by Crippen LogP contribution is 2.31. The molecule has 106 valence electrons. The second-order valence-electron chi connectivity index (χ2n) is 6.69. The van der Waals surface area contributed by atoms with Gasteiger partial charge in [-0.3, -0.25) is 4.99 Å². The molecule has 0 aromatic carbocycles. The van der Waals surface area contributed by atoms with Gasteiger partial charge in [0.25, 0.3) is 0 Å². The molecule has 1 aliphatic rings. The van der Waals surface area contributed by atoms with E-state index in [-0.39, 0.29) is 0 Å². The number of thioether (sulfide) groups is 1. The third kappa shape index (κ3) is 6.67. The second kappa shape index (κ2) is 7.42. The third-order valence-electron chi connectivity index (χ3n) is 3.17. The van der Waals surface area contributed by atoms with Gasteiger partial charge in [-0.05, 0) is 25.2 Å². The van der Waals surface area contributed by atoms with E-state index in [2.05, 4.69) is 44.9 Å². The molecular weight excluding hydrogens is 240 g/mol. The molecular formula is C15H30N2S. The predicted molar refractivity (Wildman–Crippen MR) is 84.5 cm³/mol. The molecule has 2 unspecified atom stereocenters. The van der Waals surface area contributed by atoms with E-state index >= 15 is 0 Å². The first-order valence-corrected chi connectivity index (χ1v) is 8.26. The summed E-state index contributed by atoms with van der Waals surface area (Å²) < 4.78 is 0. The Labute approximate surface area is 117 Å². The van der Waals surface area contributed by atoms with Gasteiger partial charge in [0.05, 0.1) is 6.54 Å². The lowest BCUT2D eigenvalue weighted by molar-refractivity contribution is 0.375. The van der Waals surface area contributed by atoms with E-state index in [9.17, 15) is 0 Å². The van der Waals surface area contributed by atoms with Crippen molar-refractivity contribution >= 4 is 16.9 Å². The molecule has 0 saturated carbocycles. The molecule has 2 nitrogen and oxygen atoms in total. The van der Waals surface area contributed by atoms with E-state index in [1.54, 1.807) is 0 Å². The number of amidine groups is 1. The summed E-state index contributed by atoms with van der Waals surface area (Å²) in [6.07, 6.45) is 6.48. The molecule has 0 fully saturated rings. The molecule has 1 heterocycles. The number of hydrogen-bond donors (Lipinski definition) is 1. The van der Waals surface area contributed by atoms with Crippen LogP contribution in [0.4, 0.5) is 0 Å². The Morgan fingerprint density at radius 1 is 1.39 bits per heavy atom. The summed E-state index contributed by atoms with van der Waals surface area (Å²) in [7, 11) is 0. The van der Waals surface area contributed by atoms with Gasteiger partial charge >= 0.3 is 0 Å². The third-order valence-corrected chi connectivity index (χ3v) is 4.29. The highest BCUT2D eigenvalue weighted by molar-refractivity contribution is 8.14. The Morgan fingerprint density at radius 2 is 2.11 bits per heavy atom. The van der Waals surface area contributed by atoms with E-state index in [4.69, 9.17) is 0 Å². The standard InChI is InChI=1S/C15H30N2S/c1-6-7-8-9-12(2)17-14-16-11-13(18-14)10-15(3,4)5/h12-13H,6-11H2,1-5H3,(H,16,17). The van der Waals surface area contributed by atoms with Crippen LogP contribution in [0.1, 0.15) is 66.7 Å². The Bertz CT molecular complexity index is 268. The van der Waals surface area contributed by atoms with Crippen LogP contribution in [0.2, 0.25) is 0 Å². The van der Waals surface area contributed by atoms with Crippen molar-refractivity contribution in [3.63, 3.8) is 0 Å². The smallest absolute Gasteiger partial charge is 0.157 e. The van der Waals surface area contributed by atoms with Gasteiger partial charge in [0.1, 0.15) is 0 Å². The Kier molecular flexibility index (Phi) is 6.54. The van der Waals surface area contributed by atoms with Crippen molar-refractivity contribution in [1.82, 2.24) is 5.32 Å². The number of rotatable bonds is 6.